The van der Waals surface area contributed by atoms with Gasteiger partial charge in [0, 0.05) is 18.3 Å². The molecular weight excluding hydrogens is 162 g/mol. The first-order valence-corrected chi connectivity index (χ1v) is 3.58. The molecule has 1 aliphatic rings. The van der Waals surface area contributed by atoms with Crippen LogP contribution in [0.4, 0.5) is 0 Å². The van der Waals surface area contributed by atoms with Crippen LogP contribution < -0.4 is 0 Å². The van der Waals surface area contributed by atoms with Crippen molar-refractivity contribution in [1.82, 2.24) is 4.90 Å². The van der Waals surface area contributed by atoms with E-state index in [0.29, 0.717) is 12.1 Å². The highest BCUT2D eigenvalue weighted by Gasteiger charge is 2.06. The molecule has 0 saturated heterocycles. The second-order valence-electron chi connectivity index (χ2n) is 2.13. The Hall–Kier alpha value is -1.02. The van der Waals surface area contributed by atoms with Crippen LogP contribution in [0.3, 0.4) is 0 Å². The zero-order valence-electron chi connectivity index (χ0n) is 5.96. The number of rotatable bonds is 2. The van der Waals surface area contributed by atoms with Gasteiger partial charge in [-0.05, 0) is 23.9 Å². The molecule has 0 aromatic carbocycles. The summed E-state index contributed by atoms with van der Waals surface area (Å²) in [5.41, 5.74) is 0.546. The molecule has 0 radical (unpaired) electrons. The molecule has 1 heterocycles. The third-order valence-electron chi connectivity index (χ3n) is 1.43. The lowest BCUT2D eigenvalue weighted by Crippen LogP contribution is -2.13. The molecule has 0 unspecified atom stereocenters. The minimum Gasteiger partial charge on any atom is -0.351 e. The molecule has 0 atom stereocenters. The van der Waals surface area contributed by atoms with E-state index in [2.05, 4.69) is 6.58 Å². The van der Waals surface area contributed by atoms with E-state index in [1.165, 1.54) is 0 Å². The second kappa shape index (κ2) is 3.39. The molecule has 58 valence electrons. The summed E-state index contributed by atoms with van der Waals surface area (Å²) >= 11 is 5.24. The van der Waals surface area contributed by atoms with E-state index in [4.69, 9.17) is 11.6 Å². The van der Waals surface area contributed by atoms with Gasteiger partial charge in [-0.15, -0.1) is 0 Å². The first kappa shape index (κ1) is 8.08. The van der Waals surface area contributed by atoms with Crippen LogP contribution in [0.25, 0.3) is 0 Å². The Morgan fingerprint density at radius 1 is 1.82 bits per heavy atom. The summed E-state index contributed by atoms with van der Waals surface area (Å²) in [5, 5.41) is -0.412. The summed E-state index contributed by atoms with van der Waals surface area (Å²) in [4.78, 5) is 12.4. The third-order valence-corrected chi connectivity index (χ3v) is 1.65. The van der Waals surface area contributed by atoms with Gasteiger partial charge in [0.1, 0.15) is 0 Å². The number of carbonyl (C=O) groups is 1. The van der Waals surface area contributed by atoms with Crippen molar-refractivity contribution in [3.63, 3.8) is 0 Å². The molecule has 1 aliphatic heterocycles. The zero-order valence-corrected chi connectivity index (χ0v) is 6.71. The smallest absolute Gasteiger partial charge is 0.252 e. The number of halogens is 1. The highest BCUT2D eigenvalue weighted by Crippen LogP contribution is 2.09. The first-order chi connectivity index (χ1) is 5.24. The fourth-order valence-corrected chi connectivity index (χ4v) is 0.930. The van der Waals surface area contributed by atoms with Gasteiger partial charge in [0.05, 0.1) is 0 Å². The first-order valence-electron chi connectivity index (χ1n) is 3.20. The van der Waals surface area contributed by atoms with Crippen LogP contribution in [0, 0.1) is 0 Å². The van der Waals surface area contributed by atoms with E-state index >= 15 is 0 Å². The third kappa shape index (κ3) is 1.95. The van der Waals surface area contributed by atoms with Gasteiger partial charge in [-0.2, -0.15) is 0 Å². The molecule has 0 fully saturated rings. The minimum absolute atomic E-state index is 0.412. The van der Waals surface area contributed by atoms with Gasteiger partial charge < -0.3 is 4.90 Å². The average Bonchev–Trinajstić information content (AvgIpc) is 2.05. The summed E-state index contributed by atoms with van der Waals surface area (Å²) in [6.45, 7) is 4.24. The molecule has 0 N–H and O–H groups in total. The maximum absolute atomic E-state index is 10.6. The van der Waals surface area contributed by atoms with Crippen LogP contribution in [-0.2, 0) is 4.79 Å². The molecule has 0 bridgehead atoms. The highest BCUT2D eigenvalue weighted by atomic mass is 35.5. The molecule has 0 aromatic heterocycles. The molecule has 11 heavy (non-hydrogen) atoms. The van der Waals surface area contributed by atoms with E-state index in [9.17, 15) is 4.79 Å². The van der Waals surface area contributed by atoms with Gasteiger partial charge in [0.2, 0.25) is 0 Å². The zero-order chi connectivity index (χ0) is 8.27. The Balaban J connectivity index is 2.66. The number of nitrogens with zero attached hydrogens (tertiary/aromatic N) is 1. The van der Waals surface area contributed by atoms with Gasteiger partial charge in [-0.1, -0.05) is 12.7 Å². The highest BCUT2D eigenvalue weighted by molar-refractivity contribution is 6.68. The van der Waals surface area contributed by atoms with Gasteiger partial charge in [-0.25, -0.2) is 0 Å². The van der Waals surface area contributed by atoms with Gasteiger partial charge >= 0.3 is 0 Å². The summed E-state index contributed by atoms with van der Waals surface area (Å²) in [7, 11) is 0. The Morgan fingerprint density at radius 3 is 2.91 bits per heavy atom. The van der Waals surface area contributed by atoms with E-state index in [-0.39, 0.29) is 0 Å². The molecule has 0 aliphatic carbocycles. The Labute approximate surface area is 70.4 Å². The van der Waals surface area contributed by atoms with Crippen molar-refractivity contribution in [2.24, 2.45) is 0 Å². The van der Waals surface area contributed by atoms with E-state index in [0.717, 1.165) is 0 Å². The lowest BCUT2D eigenvalue weighted by atomic mass is 10.2. The standard InChI is InChI=1S/C8H8ClNO/c1-2-10-5-3-7(4-6-10)8(9)11/h2-5H,1,6H2. The lowest BCUT2D eigenvalue weighted by Gasteiger charge is -2.15. The van der Waals surface area contributed by atoms with Gasteiger partial charge in [-0.3, -0.25) is 4.79 Å². The maximum atomic E-state index is 10.6. The fraction of sp³-hybridized carbons (Fsp3) is 0.125. The van der Waals surface area contributed by atoms with Crippen molar-refractivity contribution in [2.75, 3.05) is 6.54 Å². The van der Waals surface area contributed by atoms with Gasteiger partial charge in [0.15, 0.2) is 0 Å². The van der Waals surface area contributed by atoms with Gasteiger partial charge in [0.25, 0.3) is 5.24 Å². The van der Waals surface area contributed by atoms with Crippen LogP contribution in [-0.4, -0.2) is 16.7 Å². The molecular formula is C8H8ClNO. The van der Waals surface area contributed by atoms with Crippen LogP contribution >= 0.6 is 11.6 Å². The quantitative estimate of drug-likeness (QED) is 0.586. The lowest BCUT2D eigenvalue weighted by molar-refractivity contribution is -0.108. The van der Waals surface area contributed by atoms with Crippen LogP contribution in [0.1, 0.15) is 0 Å². The Kier molecular flexibility index (Phi) is 2.49. The number of hydrogen-bond acceptors (Lipinski definition) is 2. The molecule has 0 spiro atoms. The summed E-state index contributed by atoms with van der Waals surface area (Å²) in [5.74, 6) is 0. The topological polar surface area (TPSA) is 20.3 Å². The van der Waals surface area contributed by atoms with E-state index < -0.39 is 5.24 Å². The monoisotopic (exact) mass is 169 g/mol. The normalized spacial score (nSPS) is 16.1. The van der Waals surface area contributed by atoms with Crippen molar-refractivity contribution >= 4 is 16.8 Å². The Morgan fingerprint density at radius 2 is 2.55 bits per heavy atom. The number of hydrogen-bond donors (Lipinski definition) is 0. The number of carbonyl (C=O) groups excluding carboxylic acids is 1. The molecule has 3 heteroatoms. The summed E-state index contributed by atoms with van der Waals surface area (Å²) in [6.07, 6.45) is 6.88. The minimum atomic E-state index is -0.412. The molecule has 2 nitrogen and oxygen atoms in total. The van der Waals surface area contributed by atoms with Crippen LogP contribution in [0.15, 0.2) is 36.7 Å². The molecule has 1 rings (SSSR count). The van der Waals surface area contributed by atoms with E-state index in [1.54, 1.807) is 24.6 Å². The van der Waals surface area contributed by atoms with E-state index in [1.807, 2.05) is 4.90 Å². The van der Waals surface area contributed by atoms with Crippen molar-refractivity contribution in [3.8, 4) is 0 Å². The predicted octanol–water partition coefficient (Wildman–Crippen LogP) is 1.65. The molecule has 0 aromatic rings. The van der Waals surface area contributed by atoms with Crippen molar-refractivity contribution in [2.45, 2.75) is 0 Å². The summed E-state index contributed by atoms with van der Waals surface area (Å²) < 4.78 is 0. The molecule has 0 saturated carbocycles. The van der Waals surface area contributed by atoms with Crippen molar-refractivity contribution < 1.29 is 4.79 Å². The van der Waals surface area contributed by atoms with Crippen molar-refractivity contribution in [1.29, 1.82) is 0 Å². The largest absolute Gasteiger partial charge is 0.351 e. The SMILES string of the molecule is C=CN1C=CC(C(=O)Cl)=CC1. The summed E-state index contributed by atoms with van der Waals surface area (Å²) in [6, 6.07) is 0. The molecule has 0 amide bonds. The second-order valence-corrected chi connectivity index (χ2v) is 2.47. The Bertz CT molecular complexity index is 242. The number of allylic oxidation sites excluding steroid dienone is 2. The maximum Gasteiger partial charge on any atom is 0.252 e. The van der Waals surface area contributed by atoms with Crippen LogP contribution in [0.5, 0.6) is 0 Å². The average molecular weight is 170 g/mol. The van der Waals surface area contributed by atoms with Crippen LogP contribution in [0.2, 0.25) is 0 Å². The fourth-order valence-electron chi connectivity index (χ4n) is 0.790. The van der Waals surface area contributed by atoms with Crippen molar-refractivity contribution in [3.05, 3.63) is 36.7 Å². The predicted molar refractivity (Wildman–Crippen MR) is 45.0 cm³/mol.